The zero-order valence-electron chi connectivity index (χ0n) is 10.9. The van der Waals surface area contributed by atoms with E-state index >= 15 is 0 Å². The highest BCUT2D eigenvalue weighted by atomic mass is 16.5. The number of aromatic nitrogens is 2. The predicted molar refractivity (Wildman–Crippen MR) is 72.6 cm³/mol. The minimum absolute atomic E-state index is 0.256. The van der Waals surface area contributed by atoms with Crippen molar-refractivity contribution in [2.24, 2.45) is 0 Å². The van der Waals surface area contributed by atoms with Crippen LogP contribution in [0.5, 0.6) is 0 Å². The fourth-order valence-corrected chi connectivity index (χ4v) is 3.05. The van der Waals surface area contributed by atoms with Crippen molar-refractivity contribution in [1.29, 1.82) is 0 Å². The van der Waals surface area contributed by atoms with Gasteiger partial charge in [0.05, 0.1) is 23.2 Å². The molecule has 96 valence electrons. The molecule has 1 saturated carbocycles. The van der Waals surface area contributed by atoms with Crippen molar-refractivity contribution >= 4 is 17.0 Å². The maximum Gasteiger partial charge on any atom is 0.201 e. The van der Waals surface area contributed by atoms with E-state index in [1.807, 2.05) is 0 Å². The van der Waals surface area contributed by atoms with E-state index in [1.165, 1.54) is 12.0 Å². The van der Waals surface area contributed by atoms with Gasteiger partial charge in [-0.2, -0.15) is 0 Å². The number of benzene rings is 1. The molecule has 1 heterocycles. The maximum atomic E-state index is 6.10. The van der Waals surface area contributed by atoms with Gasteiger partial charge in [-0.25, -0.2) is 4.98 Å². The Bertz CT molecular complexity index is 576. The van der Waals surface area contributed by atoms with Gasteiger partial charge in [0.2, 0.25) is 5.95 Å². The van der Waals surface area contributed by atoms with Gasteiger partial charge >= 0.3 is 0 Å². The number of nitrogens with zero attached hydrogens (tertiary/aromatic N) is 2. The predicted octanol–water partition coefficient (Wildman–Crippen LogP) is 2.67. The van der Waals surface area contributed by atoms with Gasteiger partial charge in [0, 0.05) is 7.11 Å². The number of methoxy groups -OCH3 is 1. The molecule has 1 aromatic carbocycles. The van der Waals surface area contributed by atoms with Crippen LogP contribution in [-0.2, 0) is 4.74 Å². The van der Waals surface area contributed by atoms with Gasteiger partial charge in [-0.05, 0) is 43.9 Å². The first kappa shape index (κ1) is 11.5. The summed E-state index contributed by atoms with van der Waals surface area (Å²) >= 11 is 0. The third-order valence-electron chi connectivity index (χ3n) is 3.92. The Balaban J connectivity index is 2.13. The van der Waals surface area contributed by atoms with Crippen LogP contribution >= 0.6 is 0 Å². The second-order valence-electron chi connectivity index (χ2n) is 5.10. The molecule has 1 aliphatic rings. The van der Waals surface area contributed by atoms with Gasteiger partial charge in [0.1, 0.15) is 0 Å². The smallest absolute Gasteiger partial charge is 0.201 e. The molecule has 0 amide bonds. The Hall–Kier alpha value is -1.55. The molecule has 4 heteroatoms. The van der Waals surface area contributed by atoms with Crippen LogP contribution < -0.4 is 5.73 Å². The number of ether oxygens (including phenoxy) is 1. The average molecular weight is 245 g/mol. The van der Waals surface area contributed by atoms with Crippen LogP contribution in [0.4, 0.5) is 5.95 Å². The summed E-state index contributed by atoms with van der Waals surface area (Å²) in [5.41, 5.74) is 9.40. The van der Waals surface area contributed by atoms with E-state index in [9.17, 15) is 0 Å². The average Bonchev–Trinajstić information content (AvgIpc) is 2.90. The second kappa shape index (κ2) is 4.28. The van der Waals surface area contributed by atoms with Crippen molar-refractivity contribution in [2.45, 2.75) is 38.3 Å². The number of fused-ring (bicyclic) bond motifs is 1. The minimum Gasteiger partial charge on any atom is -0.379 e. The van der Waals surface area contributed by atoms with Crippen LogP contribution in [0.1, 0.15) is 30.9 Å². The van der Waals surface area contributed by atoms with Gasteiger partial charge in [-0.1, -0.05) is 6.07 Å². The summed E-state index contributed by atoms with van der Waals surface area (Å²) in [6.45, 7) is 2.07. The summed E-state index contributed by atoms with van der Waals surface area (Å²) in [5.74, 6) is 0.601. The zero-order chi connectivity index (χ0) is 12.7. The maximum absolute atomic E-state index is 6.10. The third kappa shape index (κ3) is 1.68. The minimum atomic E-state index is 0.256. The highest BCUT2D eigenvalue weighted by Crippen LogP contribution is 2.36. The van der Waals surface area contributed by atoms with Crippen molar-refractivity contribution in [2.75, 3.05) is 12.8 Å². The van der Waals surface area contributed by atoms with Crippen molar-refractivity contribution in [3.8, 4) is 0 Å². The SMILES string of the molecule is COC1CCCC1n1c(N)nc2cc(C)ccc21. The monoisotopic (exact) mass is 245 g/mol. The van der Waals surface area contributed by atoms with E-state index in [-0.39, 0.29) is 6.10 Å². The van der Waals surface area contributed by atoms with E-state index < -0.39 is 0 Å². The first-order valence-corrected chi connectivity index (χ1v) is 6.47. The molecule has 0 aliphatic heterocycles. The fraction of sp³-hybridized carbons (Fsp3) is 0.500. The molecule has 2 N–H and O–H groups in total. The zero-order valence-corrected chi connectivity index (χ0v) is 10.9. The normalized spacial score (nSPS) is 23.9. The lowest BCUT2D eigenvalue weighted by Gasteiger charge is -2.21. The molecule has 4 nitrogen and oxygen atoms in total. The van der Waals surface area contributed by atoms with E-state index in [0.717, 1.165) is 23.9 Å². The van der Waals surface area contributed by atoms with E-state index in [0.29, 0.717) is 12.0 Å². The lowest BCUT2D eigenvalue weighted by molar-refractivity contribution is 0.0768. The summed E-state index contributed by atoms with van der Waals surface area (Å²) in [6, 6.07) is 6.62. The Morgan fingerprint density at radius 1 is 1.39 bits per heavy atom. The Kier molecular flexibility index (Phi) is 2.74. The van der Waals surface area contributed by atoms with Gasteiger partial charge < -0.3 is 15.0 Å². The van der Waals surface area contributed by atoms with Crippen LogP contribution in [0.3, 0.4) is 0 Å². The number of aryl methyl sites for hydroxylation is 1. The van der Waals surface area contributed by atoms with Crippen molar-refractivity contribution in [3.63, 3.8) is 0 Å². The van der Waals surface area contributed by atoms with Crippen molar-refractivity contribution in [1.82, 2.24) is 9.55 Å². The number of nitrogen functional groups attached to an aromatic ring is 1. The van der Waals surface area contributed by atoms with Crippen LogP contribution in [0.15, 0.2) is 18.2 Å². The fourth-order valence-electron chi connectivity index (χ4n) is 3.05. The molecule has 2 atom stereocenters. The number of nitrogens with two attached hydrogens (primary N) is 1. The quantitative estimate of drug-likeness (QED) is 0.885. The molecule has 0 radical (unpaired) electrons. The van der Waals surface area contributed by atoms with Crippen LogP contribution in [0, 0.1) is 6.92 Å². The molecule has 1 aliphatic carbocycles. The molecule has 1 aromatic heterocycles. The molecular formula is C14H19N3O. The molecule has 3 rings (SSSR count). The standard InChI is InChI=1S/C14H19N3O/c1-9-6-7-11-10(8-9)16-14(15)17(11)12-4-3-5-13(12)18-2/h6-8,12-13H,3-5H2,1-2H3,(H2,15,16). The Morgan fingerprint density at radius 2 is 2.22 bits per heavy atom. The Labute approximate surface area is 107 Å². The molecule has 0 bridgehead atoms. The lowest BCUT2D eigenvalue weighted by Crippen LogP contribution is -2.21. The lowest BCUT2D eigenvalue weighted by atomic mass is 10.2. The Morgan fingerprint density at radius 3 is 3.00 bits per heavy atom. The van der Waals surface area contributed by atoms with Gasteiger partial charge in [-0.3, -0.25) is 0 Å². The molecule has 0 saturated heterocycles. The number of hydrogen-bond acceptors (Lipinski definition) is 3. The van der Waals surface area contributed by atoms with Gasteiger partial charge in [-0.15, -0.1) is 0 Å². The highest BCUT2D eigenvalue weighted by Gasteiger charge is 2.31. The van der Waals surface area contributed by atoms with E-state index in [2.05, 4.69) is 34.7 Å². The summed E-state index contributed by atoms with van der Waals surface area (Å²) in [4.78, 5) is 4.47. The number of hydrogen-bond donors (Lipinski definition) is 1. The number of anilines is 1. The summed E-state index contributed by atoms with van der Waals surface area (Å²) in [6.07, 6.45) is 3.66. The van der Waals surface area contributed by atoms with Gasteiger partial charge in [0.25, 0.3) is 0 Å². The molecule has 0 spiro atoms. The third-order valence-corrected chi connectivity index (χ3v) is 3.92. The van der Waals surface area contributed by atoms with Crippen molar-refractivity contribution < 1.29 is 4.74 Å². The van der Waals surface area contributed by atoms with Gasteiger partial charge in [0.15, 0.2) is 0 Å². The summed E-state index contributed by atoms with van der Waals surface area (Å²) < 4.78 is 7.72. The number of imidazole rings is 1. The van der Waals surface area contributed by atoms with Crippen LogP contribution in [0.2, 0.25) is 0 Å². The van der Waals surface area contributed by atoms with Crippen LogP contribution in [-0.4, -0.2) is 22.8 Å². The largest absolute Gasteiger partial charge is 0.379 e. The summed E-state index contributed by atoms with van der Waals surface area (Å²) in [7, 11) is 1.78. The summed E-state index contributed by atoms with van der Waals surface area (Å²) in [5, 5.41) is 0. The second-order valence-corrected chi connectivity index (χ2v) is 5.10. The molecular weight excluding hydrogens is 226 g/mol. The van der Waals surface area contributed by atoms with Crippen LogP contribution in [0.25, 0.3) is 11.0 Å². The van der Waals surface area contributed by atoms with E-state index in [1.54, 1.807) is 7.11 Å². The highest BCUT2D eigenvalue weighted by molar-refractivity contribution is 5.79. The molecule has 1 fully saturated rings. The van der Waals surface area contributed by atoms with E-state index in [4.69, 9.17) is 10.5 Å². The first-order valence-electron chi connectivity index (χ1n) is 6.47. The first-order chi connectivity index (χ1) is 8.70. The molecule has 18 heavy (non-hydrogen) atoms. The van der Waals surface area contributed by atoms with Crippen molar-refractivity contribution in [3.05, 3.63) is 23.8 Å². The topological polar surface area (TPSA) is 53.1 Å². The molecule has 2 unspecified atom stereocenters. The number of rotatable bonds is 2. The molecule has 2 aromatic rings.